The van der Waals surface area contributed by atoms with Crippen LogP contribution in [0.4, 0.5) is 18.9 Å². The number of nitrogens with zero attached hydrogens (tertiary/aromatic N) is 2. The van der Waals surface area contributed by atoms with Crippen LogP contribution in [0.5, 0.6) is 0 Å². The van der Waals surface area contributed by atoms with E-state index in [1.54, 1.807) is 18.2 Å². The third-order valence-electron chi connectivity index (χ3n) is 3.82. The molecule has 0 radical (unpaired) electrons. The lowest BCUT2D eigenvalue weighted by atomic mass is 10.2. The molecule has 28 heavy (non-hydrogen) atoms. The maximum atomic E-state index is 12.6. The molecule has 144 valence electrons. The maximum absolute atomic E-state index is 12.6. The van der Waals surface area contributed by atoms with Gasteiger partial charge in [-0.15, -0.1) is 0 Å². The van der Waals surface area contributed by atoms with Crippen molar-refractivity contribution in [2.45, 2.75) is 12.7 Å². The molecule has 7 nitrogen and oxygen atoms in total. The second kappa shape index (κ2) is 7.51. The number of carbonyl (C=O) groups is 1. The van der Waals surface area contributed by atoms with Crippen LogP contribution in [0.2, 0.25) is 0 Å². The number of alkyl halides is 3. The van der Waals surface area contributed by atoms with Crippen molar-refractivity contribution in [1.29, 1.82) is 0 Å². The highest BCUT2D eigenvalue weighted by atomic mass is 19.4. The highest BCUT2D eigenvalue weighted by Gasteiger charge is 2.30. The molecule has 2 aromatic heterocycles. The van der Waals surface area contributed by atoms with E-state index in [2.05, 4.69) is 15.3 Å². The van der Waals surface area contributed by atoms with Crippen LogP contribution < -0.4 is 16.6 Å². The Labute approximate surface area is 155 Å². The lowest BCUT2D eigenvalue weighted by molar-refractivity contribution is -0.137. The number of rotatable bonds is 4. The van der Waals surface area contributed by atoms with E-state index in [9.17, 15) is 27.6 Å². The lowest BCUT2D eigenvalue weighted by Crippen LogP contribution is -2.39. The standard InChI is InChI=1S/C18H13F3N4O3/c19-18(20,21)11-4-6-12(7-5-11)24-15(26)14-9-23-17(28)25(16(14)27)10-13-3-1-2-8-22-13/h1-9H,10H2,(H,23,28)(H,24,26). The first-order chi connectivity index (χ1) is 13.3. The van der Waals surface area contributed by atoms with Gasteiger partial charge in [-0.2, -0.15) is 13.2 Å². The van der Waals surface area contributed by atoms with Gasteiger partial charge in [-0.1, -0.05) is 6.07 Å². The van der Waals surface area contributed by atoms with Gasteiger partial charge in [-0.25, -0.2) is 4.79 Å². The molecule has 3 aromatic rings. The molecular formula is C18H13F3N4O3. The van der Waals surface area contributed by atoms with Crippen LogP contribution in [0.3, 0.4) is 0 Å². The minimum Gasteiger partial charge on any atom is -0.322 e. The van der Waals surface area contributed by atoms with Gasteiger partial charge < -0.3 is 10.3 Å². The van der Waals surface area contributed by atoms with Crippen molar-refractivity contribution < 1.29 is 18.0 Å². The molecule has 0 atom stereocenters. The SMILES string of the molecule is O=C(Nc1ccc(C(F)(F)F)cc1)c1c[nH]c(=O)n(Cc2ccccn2)c1=O. The molecule has 2 heterocycles. The number of carbonyl (C=O) groups excluding carboxylic acids is 1. The van der Waals surface area contributed by atoms with Crippen molar-refractivity contribution in [2.24, 2.45) is 0 Å². The smallest absolute Gasteiger partial charge is 0.322 e. The third kappa shape index (κ3) is 4.17. The molecule has 0 aliphatic heterocycles. The fourth-order valence-electron chi connectivity index (χ4n) is 2.41. The first-order valence-electron chi connectivity index (χ1n) is 7.97. The Morgan fingerprint density at radius 3 is 2.43 bits per heavy atom. The van der Waals surface area contributed by atoms with Crippen molar-refractivity contribution in [1.82, 2.24) is 14.5 Å². The number of amides is 1. The van der Waals surface area contributed by atoms with Crippen molar-refractivity contribution in [3.8, 4) is 0 Å². The molecule has 0 fully saturated rings. The van der Waals surface area contributed by atoms with E-state index < -0.39 is 28.9 Å². The molecule has 0 saturated carbocycles. The van der Waals surface area contributed by atoms with Crippen molar-refractivity contribution >= 4 is 11.6 Å². The van der Waals surface area contributed by atoms with Crippen molar-refractivity contribution in [3.05, 3.63) is 92.5 Å². The second-order valence-electron chi connectivity index (χ2n) is 5.75. The topological polar surface area (TPSA) is 96.8 Å². The average Bonchev–Trinajstić information content (AvgIpc) is 2.65. The van der Waals surface area contributed by atoms with Gasteiger partial charge in [0.25, 0.3) is 11.5 Å². The molecule has 10 heteroatoms. The van der Waals surface area contributed by atoms with Crippen molar-refractivity contribution in [2.75, 3.05) is 5.32 Å². The first kappa shape index (κ1) is 19.1. The average molecular weight is 390 g/mol. The summed E-state index contributed by atoms with van der Waals surface area (Å²) in [7, 11) is 0. The van der Waals surface area contributed by atoms with E-state index in [-0.39, 0.29) is 17.8 Å². The van der Waals surface area contributed by atoms with Crippen LogP contribution in [-0.2, 0) is 12.7 Å². The molecule has 0 unspecified atom stereocenters. The Balaban J connectivity index is 1.85. The molecule has 2 N–H and O–H groups in total. The van der Waals surface area contributed by atoms with E-state index in [0.717, 1.165) is 35.0 Å². The Bertz CT molecular complexity index is 1100. The summed E-state index contributed by atoms with van der Waals surface area (Å²) in [6.07, 6.45) is -2.05. The van der Waals surface area contributed by atoms with E-state index in [0.29, 0.717) is 5.69 Å². The van der Waals surface area contributed by atoms with Gasteiger partial charge in [0.05, 0.1) is 17.8 Å². The summed E-state index contributed by atoms with van der Waals surface area (Å²) in [4.78, 5) is 43.1. The highest BCUT2D eigenvalue weighted by Crippen LogP contribution is 2.29. The molecule has 0 spiro atoms. The Kier molecular flexibility index (Phi) is 5.12. The number of aromatic amines is 1. The predicted octanol–water partition coefficient (Wildman–Crippen LogP) is 2.25. The van der Waals surface area contributed by atoms with Gasteiger partial charge in [0, 0.05) is 18.1 Å². The number of pyridine rings is 1. The summed E-state index contributed by atoms with van der Waals surface area (Å²) in [6, 6.07) is 8.72. The number of hydrogen-bond donors (Lipinski definition) is 2. The van der Waals surface area contributed by atoms with Crippen LogP contribution >= 0.6 is 0 Å². The summed E-state index contributed by atoms with van der Waals surface area (Å²) >= 11 is 0. The van der Waals surface area contributed by atoms with Crippen LogP contribution in [0.15, 0.2) is 64.4 Å². The van der Waals surface area contributed by atoms with Crippen LogP contribution in [0.1, 0.15) is 21.6 Å². The number of benzene rings is 1. The lowest BCUT2D eigenvalue weighted by Gasteiger charge is -2.09. The Morgan fingerprint density at radius 1 is 1.11 bits per heavy atom. The zero-order chi connectivity index (χ0) is 20.3. The van der Waals surface area contributed by atoms with Crippen LogP contribution in [0, 0.1) is 0 Å². The van der Waals surface area contributed by atoms with Crippen molar-refractivity contribution in [3.63, 3.8) is 0 Å². The summed E-state index contributed by atoms with van der Waals surface area (Å²) in [5.41, 5.74) is -2.29. The minimum absolute atomic E-state index is 0.0693. The summed E-state index contributed by atoms with van der Waals surface area (Å²) in [5, 5.41) is 2.33. The van der Waals surface area contributed by atoms with Gasteiger partial charge in [-0.05, 0) is 36.4 Å². The van der Waals surface area contributed by atoms with E-state index >= 15 is 0 Å². The van der Waals surface area contributed by atoms with Gasteiger partial charge in [0.2, 0.25) is 0 Å². The normalized spacial score (nSPS) is 11.2. The summed E-state index contributed by atoms with van der Waals surface area (Å²) < 4.78 is 38.6. The molecule has 0 aliphatic rings. The molecule has 0 aliphatic carbocycles. The Morgan fingerprint density at radius 2 is 1.82 bits per heavy atom. The summed E-state index contributed by atoms with van der Waals surface area (Å²) in [6.45, 7) is -0.142. The second-order valence-corrected chi connectivity index (χ2v) is 5.75. The van der Waals surface area contributed by atoms with E-state index in [1.807, 2.05) is 0 Å². The molecule has 1 aromatic carbocycles. The van der Waals surface area contributed by atoms with E-state index in [4.69, 9.17) is 0 Å². The number of hydrogen-bond acceptors (Lipinski definition) is 4. The number of nitrogens with one attached hydrogen (secondary N) is 2. The maximum Gasteiger partial charge on any atom is 0.416 e. The molecule has 0 saturated heterocycles. The zero-order valence-electron chi connectivity index (χ0n) is 14.2. The monoisotopic (exact) mass is 390 g/mol. The quantitative estimate of drug-likeness (QED) is 0.714. The molecule has 3 rings (SSSR count). The molecule has 0 bridgehead atoms. The fourth-order valence-corrected chi connectivity index (χ4v) is 2.41. The predicted molar refractivity (Wildman–Crippen MR) is 94.1 cm³/mol. The fraction of sp³-hybridized carbons (Fsp3) is 0.111. The van der Waals surface area contributed by atoms with E-state index in [1.165, 1.54) is 6.20 Å². The van der Waals surface area contributed by atoms with Gasteiger partial charge in [0.1, 0.15) is 5.56 Å². The van der Waals surface area contributed by atoms with Gasteiger partial charge in [-0.3, -0.25) is 19.1 Å². The molecular weight excluding hydrogens is 377 g/mol. The first-order valence-corrected chi connectivity index (χ1v) is 7.97. The molecule has 1 amide bonds. The minimum atomic E-state index is -4.50. The number of halogens is 3. The summed E-state index contributed by atoms with van der Waals surface area (Å²) in [5.74, 6) is -0.865. The largest absolute Gasteiger partial charge is 0.416 e. The highest BCUT2D eigenvalue weighted by molar-refractivity contribution is 6.03. The number of H-pyrrole nitrogens is 1. The number of aromatic nitrogens is 3. The Hall–Kier alpha value is -3.69. The van der Waals surface area contributed by atoms with Gasteiger partial charge in [0.15, 0.2) is 0 Å². The van der Waals surface area contributed by atoms with Crippen LogP contribution in [0.25, 0.3) is 0 Å². The van der Waals surface area contributed by atoms with Crippen LogP contribution in [-0.4, -0.2) is 20.4 Å². The van der Waals surface area contributed by atoms with Gasteiger partial charge >= 0.3 is 11.9 Å². The third-order valence-corrected chi connectivity index (χ3v) is 3.82. The number of anilines is 1. The zero-order valence-corrected chi connectivity index (χ0v) is 14.2.